The Morgan fingerprint density at radius 2 is 1.58 bits per heavy atom. The van der Waals surface area contributed by atoms with E-state index in [0.29, 0.717) is 11.4 Å². The Balaban J connectivity index is 1.59. The van der Waals surface area contributed by atoms with Gasteiger partial charge in [-0.3, -0.25) is 0 Å². The topological polar surface area (TPSA) is 77.2 Å². The molecule has 0 aliphatic carbocycles. The van der Waals surface area contributed by atoms with Crippen LogP contribution in [0.15, 0.2) is 78.9 Å². The minimum atomic E-state index is -0.348. The van der Waals surface area contributed by atoms with Gasteiger partial charge in [0.1, 0.15) is 5.75 Å². The van der Waals surface area contributed by atoms with Gasteiger partial charge in [-0.15, -0.1) is 0 Å². The van der Waals surface area contributed by atoms with Gasteiger partial charge in [-0.25, -0.2) is 4.79 Å². The largest absolute Gasteiger partial charge is 0.508 e. The lowest BCUT2D eigenvalue weighted by Gasteiger charge is -2.11. The van der Waals surface area contributed by atoms with Crippen LogP contribution in [-0.4, -0.2) is 16.1 Å². The molecule has 0 saturated carbocycles. The molecule has 1 aromatic heterocycles. The van der Waals surface area contributed by atoms with Crippen molar-refractivity contribution in [2.45, 2.75) is 0 Å². The molecule has 0 fully saturated rings. The van der Waals surface area contributed by atoms with Crippen LogP contribution >= 0.6 is 0 Å². The lowest BCUT2D eigenvalue weighted by atomic mass is 10.1. The molecule has 0 spiro atoms. The molecule has 5 nitrogen and oxygen atoms in total. The first kappa shape index (κ1) is 15.8. The van der Waals surface area contributed by atoms with Crippen LogP contribution in [-0.2, 0) is 0 Å². The Morgan fingerprint density at radius 1 is 0.846 bits per heavy atom. The highest BCUT2D eigenvalue weighted by atomic mass is 16.3. The number of fused-ring (bicyclic) bond motifs is 1. The van der Waals surface area contributed by atoms with Crippen molar-refractivity contribution in [3.8, 4) is 17.0 Å². The average molecular weight is 343 g/mol. The van der Waals surface area contributed by atoms with Crippen LogP contribution in [0.2, 0.25) is 0 Å². The van der Waals surface area contributed by atoms with Gasteiger partial charge in [0, 0.05) is 27.8 Å². The number of amides is 2. The van der Waals surface area contributed by atoms with Gasteiger partial charge in [0.25, 0.3) is 0 Å². The standard InChI is InChI=1S/C21H17N3O2/c25-16-11-9-15(10-12-16)22-21(26)24-19-8-4-2-6-17(19)20-13-14-5-1-3-7-18(14)23-20/h1-13,23,25H,(H2,22,24,26). The van der Waals surface area contributed by atoms with E-state index in [1.807, 2.05) is 48.5 Å². The third kappa shape index (κ3) is 3.23. The molecule has 1 heterocycles. The summed E-state index contributed by atoms with van der Waals surface area (Å²) >= 11 is 0. The zero-order valence-corrected chi connectivity index (χ0v) is 13.9. The number of aromatic amines is 1. The maximum atomic E-state index is 12.3. The fourth-order valence-corrected chi connectivity index (χ4v) is 2.87. The van der Waals surface area contributed by atoms with Gasteiger partial charge in [-0.2, -0.15) is 0 Å². The molecule has 4 N–H and O–H groups in total. The van der Waals surface area contributed by atoms with E-state index in [1.165, 1.54) is 12.1 Å². The minimum absolute atomic E-state index is 0.153. The zero-order chi connectivity index (χ0) is 17.9. The molecule has 4 rings (SSSR count). The van der Waals surface area contributed by atoms with Crippen molar-refractivity contribution in [1.82, 2.24) is 4.98 Å². The average Bonchev–Trinajstić information content (AvgIpc) is 3.08. The van der Waals surface area contributed by atoms with Gasteiger partial charge in [0.05, 0.1) is 5.69 Å². The van der Waals surface area contributed by atoms with E-state index < -0.39 is 0 Å². The lowest BCUT2D eigenvalue weighted by Crippen LogP contribution is -2.19. The van der Waals surface area contributed by atoms with E-state index in [9.17, 15) is 9.90 Å². The van der Waals surface area contributed by atoms with Crippen molar-refractivity contribution in [2.24, 2.45) is 0 Å². The summed E-state index contributed by atoms with van der Waals surface area (Å²) in [5.74, 6) is 0.153. The Morgan fingerprint density at radius 3 is 2.38 bits per heavy atom. The first-order valence-electron chi connectivity index (χ1n) is 8.23. The number of phenols is 1. The summed E-state index contributed by atoms with van der Waals surface area (Å²) in [4.78, 5) is 15.7. The smallest absolute Gasteiger partial charge is 0.323 e. The number of phenolic OH excluding ortho intramolecular Hbond substituents is 1. The predicted octanol–water partition coefficient (Wildman–Crippen LogP) is 5.18. The highest BCUT2D eigenvalue weighted by Crippen LogP contribution is 2.30. The fraction of sp³-hybridized carbons (Fsp3) is 0. The molecule has 0 unspecified atom stereocenters. The van der Waals surface area contributed by atoms with Crippen LogP contribution in [0.3, 0.4) is 0 Å². The van der Waals surface area contributed by atoms with E-state index in [4.69, 9.17) is 0 Å². The molecule has 0 radical (unpaired) electrons. The van der Waals surface area contributed by atoms with Crippen molar-refractivity contribution in [1.29, 1.82) is 0 Å². The summed E-state index contributed by atoms with van der Waals surface area (Å²) in [5, 5.41) is 16.1. The summed E-state index contributed by atoms with van der Waals surface area (Å²) in [6, 6.07) is 23.7. The second kappa shape index (κ2) is 6.64. The van der Waals surface area contributed by atoms with E-state index in [1.54, 1.807) is 12.1 Å². The second-order valence-electron chi connectivity index (χ2n) is 5.94. The molecule has 0 bridgehead atoms. The second-order valence-corrected chi connectivity index (χ2v) is 5.94. The van der Waals surface area contributed by atoms with E-state index in [0.717, 1.165) is 22.2 Å². The van der Waals surface area contributed by atoms with E-state index >= 15 is 0 Å². The first-order chi connectivity index (χ1) is 12.7. The SMILES string of the molecule is O=C(Nc1ccc(O)cc1)Nc1ccccc1-c1cc2ccccc2[nH]1. The monoisotopic (exact) mass is 343 g/mol. The number of aromatic nitrogens is 1. The first-order valence-corrected chi connectivity index (χ1v) is 8.23. The molecule has 2 amide bonds. The van der Waals surface area contributed by atoms with E-state index in [2.05, 4.69) is 21.7 Å². The fourth-order valence-electron chi connectivity index (χ4n) is 2.87. The Hall–Kier alpha value is -3.73. The van der Waals surface area contributed by atoms with Crippen molar-refractivity contribution in [3.05, 3.63) is 78.9 Å². The molecular formula is C21H17N3O2. The highest BCUT2D eigenvalue weighted by molar-refractivity contribution is 6.02. The van der Waals surface area contributed by atoms with Crippen molar-refractivity contribution in [3.63, 3.8) is 0 Å². The lowest BCUT2D eigenvalue weighted by molar-refractivity contribution is 0.262. The summed E-state index contributed by atoms with van der Waals surface area (Å²) in [5.41, 5.74) is 4.20. The molecule has 4 aromatic rings. The molecule has 0 aliphatic heterocycles. The normalized spacial score (nSPS) is 10.6. The Kier molecular flexibility index (Phi) is 4.03. The number of para-hydroxylation sites is 2. The van der Waals surface area contributed by atoms with E-state index in [-0.39, 0.29) is 11.8 Å². The number of H-pyrrole nitrogens is 1. The van der Waals surface area contributed by atoms with Crippen LogP contribution in [0.1, 0.15) is 0 Å². The number of urea groups is 1. The molecule has 0 atom stereocenters. The van der Waals surface area contributed by atoms with Crippen LogP contribution in [0, 0.1) is 0 Å². The molecule has 0 saturated heterocycles. The predicted molar refractivity (Wildman–Crippen MR) is 104 cm³/mol. The number of nitrogens with one attached hydrogen (secondary N) is 3. The molecule has 0 aliphatic rings. The van der Waals surface area contributed by atoms with Gasteiger partial charge in [-0.05, 0) is 42.5 Å². The van der Waals surface area contributed by atoms with Gasteiger partial charge in [0.2, 0.25) is 0 Å². The molecule has 3 aromatic carbocycles. The van der Waals surface area contributed by atoms with Gasteiger partial charge >= 0.3 is 6.03 Å². The number of rotatable bonds is 3. The van der Waals surface area contributed by atoms with Gasteiger partial charge in [-0.1, -0.05) is 36.4 Å². The number of carbonyl (C=O) groups is 1. The third-order valence-electron chi connectivity index (χ3n) is 4.12. The van der Waals surface area contributed by atoms with Crippen LogP contribution in [0.4, 0.5) is 16.2 Å². The number of aromatic hydroxyl groups is 1. The van der Waals surface area contributed by atoms with Crippen LogP contribution in [0.5, 0.6) is 5.75 Å². The third-order valence-corrected chi connectivity index (χ3v) is 4.12. The summed E-state index contributed by atoms with van der Waals surface area (Å²) in [7, 11) is 0. The summed E-state index contributed by atoms with van der Waals surface area (Å²) in [6.45, 7) is 0. The molecule has 5 heteroatoms. The van der Waals surface area contributed by atoms with Gasteiger partial charge in [0.15, 0.2) is 0 Å². The maximum absolute atomic E-state index is 12.3. The van der Waals surface area contributed by atoms with Crippen molar-refractivity contribution >= 4 is 28.3 Å². The number of carbonyl (C=O) groups excluding carboxylic acids is 1. The number of benzene rings is 3. The number of anilines is 2. The molecule has 128 valence electrons. The van der Waals surface area contributed by atoms with Crippen molar-refractivity contribution < 1.29 is 9.90 Å². The van der Waals surface area contributed by atoms with Crippen molar-refractivity contribution in [2.75, 3.05) is 10.6 Å². The minimum Gasteiger partial charge on any atom is -0.508 e. The quantitative estimate of drug-likeness (QED) is 0.387. The molecule has 26 heavy (non-hydrogen) atoms. The van der Waals surface area contributed by atoms with Gasteiger partial charge < -0.3 is 20.7 Å². The highest BCUT2D eigenvalue weighted by Gasteiger charge is 2.10. The zero-order valence-electron chi connectivity index (χ0n) is 13.9. The Labute approximate surface area is 150 Å². The van der Waals surface area contributed by atoms with Crippen LogP contribution < -0.4 is 10.6 Å². The molecular weight excluding hydrogens is 326 g/mol. The summed E-state index contributed by atoms with van der Waals surface area (Å²) < 4.78 is 0. The summed E-state index contributed by atoms with van der Waals surface area (Å²) in [6.07, 6.45) is 0. The number of hydrogen-bond acceptors (Lipinski definition) is 2. The number of hydrogen-bond donors (Lipinski definition) is 4. The Bertz CT molecular complexity index is 1040. The maximum Gasteiger partial charge on any atom is 0.323 e. The van der Waals surface area contributed by atoms with Crippen LogP contribution in [0.25, 0.3) is 22.2 Å².